The highest BCUT2D eigenvalue weighted by Crippen LogP contribution is 2.51. The summed E-state index contributed by atoms with van der Waals surface area (Å²) in [7, 11) is 0. The Balaban J connectivity index is 0.000000307. The first-order valence-corrected chi connectivity index (χ1v) is 54.4. The zero-order valence-electron chi connectivity index (χ0n) is 85.8. The fourth-order valence-electron chi connectivity index (χ4n) is 23.5. The van der Waals surface area contributed by atoms with E-state index in [1.807, 2.05) is 0 Å². The van der Waals surface area contributed by atoms with Crippen molar-refractivity contribution in [3.8, 4) is 34.5 Å². The van der Waals surface area contributed by atoms with Crippen molar-refractivity contribution in [2.75, 3.05) is 39.6 Å². The molecule has 4 atom stereocenters. The summed E-state index contributed by atoms with van der Waals surface area (Å²) >= 11 is 0. The number of alkyl carbamates (subject to hydrolysis) is 2. The highest BCUT2D eigenvalue weighted by Gasteiger charge is 2.45. The monoisotopic (exact) mass is 1890 g/mol. The molecular weight excluding hydrogens is 1710 g/mol. The summed E-state index contributed by atoms with van der Waals surface area (Å²) in [6, 6.07) is 27.4. The van der Waals surface area contributed by atoms with E-state index < -0.39 is 11.9 Å². The van der Waals surface area contributed by atoms with Crippen molar-refractivity contribution in [2.24, 2.45) is 69.0 Å². The Bertz CT molecular complexity index is 4080. The van der Waals surface area contributed by atoms with Gasteiger partial charge in [0.25, 0.3) is 0 Å². The second-order valence-corrected chi connectivity index (χ2v) is 43.9. The number of carbonyl (C=O) groups is 8. The number of rotatable bonds is 56. The van der Waals surface area contributed by atoms with Crippen LogP contribution in [0.15, 0.2) is 97.1 Å². The van der Waals surface area contributed by atoms with E-state index in [0.29, 0.717) is 98.1 Å². The molecule has 2 N–H and O–H groups in total. The quantitative estimate of drug-likeness (QED) is 0.0180. The molecule has 0 saturated heterocycles. The van der Waals surface area contributed by atoms with Crippen molar-refractivity contribution in [1.29, 1.82) is 0 Å². The standard InChI is InChI=1S/C62H97NO9.C54H81NO9/c1-6-8-10-11-12-13-17-21-43-69-57(64)40-41-62(5)46-53(45-61(3,4)47-62)63-60(67)70-44-22-18-15-14-16-20-42-68-54-34-32-52(33-35-54)59(66)72-56-38-36-55(37-39-56)71-58(65)51-30-28-50(29-31-51)49-26-24-48(25-27-49)23-19-9-7-2;1-6-8-13-16-40-17-19-41(20-18-40)42-21-23-43(24-22-42)50(57)63-47-29-31-48(32-30-47)64-51(58)44-25-27-46(28-26-44)61-35-14-11-9-10-12-15-36-62-49(56)33-34-54(5)38-45(37-53(3,4)39-54)55-52(59)60-7-2/h32-39,48-51,53H,6-31,40-47H2,1-5H3,(H,63,67);25-32,40-43,45H,6-24,33-39H2,1-5H3,(H,55,59). The zero-order chi connectivity index (χ0) is 97.2. The van der Waals surface area contributed by atoms with Crippen LogP contribution in [-0.4, -0.2) is 99.7 Å². The molecule has 4 aromatic rings. The second kappa shape index (κ2) is 60.7. The highest BCUT2D eigenvalue weighted by molar-refractivity contribution is 5.92. The third-order valence-electron chi connectivity index (χ3n) is 30.5. The predicted molar refractivity (Wildman–Crippen MR) is 540 cm³/mol. The van der Waals surface area contributed by atoms with Gasteiger partial charge in [-0.1, -0.05) is 236 Å². The molecule has 0 aliphatic heterocycles. The van der Waals surface area contributed by atoms with Crippen molar-refractivity contribution in [1.82, 2.24) is 10.6 Å². The Morgan fingerprint density at radius 2 is 0.588 bits per heavy atom. The van der Waals surface area contributed by atoms with E-state index >= 15 is 0 Å². The molecule has 10 rings (SSSR count). The number of carbonyl (C=O) groups excluding carboxylic acids is 8. The Morgan fingerprint density at radius 1 is 0.301 bits per heavy atom. The Kier molecular flexibility index (Phi) is 49.8. The Morgan fingerprint density at radius 3 is 0.926 bits per heavy atom. The van der Waals surface area contributed by atoms with E-state index in [9.17, 15) is 38.4 Å². The van der Waals surface area contributed by atoms with E-state index in [2.05, 4.69) is 72.9 Å². The third-order valence-corrected chi connectivity index (χ3v) is 30.5. The van der Waals surface area contributed by atoms with Crippen LogP contribution in [0, 0.1) is 69.0 Å². The second-order valence-electron chi connectivity index (χ2n) is 43.9. The Hall–Kier alpha value is -8.16. The van der Waals surface area contributed by atoms with Gasteiger partial charge in [0, 0.05) is 24.9 Å². The van der Waals surface area contributed by atoms with Crippen molar-refractivity contribution < 1.29 is 85.7 Å². The van der Waals surface area contributed by atoms with Crippen LogP contribution in [0.25, 0.3) is 0 Å². The predicted octanol–water partition coefficient (Wildman–Crippen LogP) is 29.9. The summed E-state index contributed by atoms with van der Waals surface area (Å²) in [5, 5.41) is 6.16. The van der Waals surface area contributed by atoms with Crippen molar-refractivity contribution in [3.63, 3.8) is 0 Å². The first-order chi connectivity index (χ1) is 65.7. The summed E-state index contributed by atoms with van der Waals surface area (Å²) in [4.78, 5) is 102. The number of hydrogen-bond donors (Lipinski definition) is 2. The fraction of sp³-hybridized carbons (Fsp3) is 0.724. The maximum atomic E-state index is 13.1. The Labute approximate surface area is 819 Å². The zero-order valence-corrected chi connectivity index (χ0v) is 85.8. The molecule has 0 radical (unpaired) electrons. The van der Waals surface area contributed by atoms with E-state index in [0.717, 1.165) is 228 Å². The number of amides is 2. The van der Waals surface area contributed by atoms with Crippen LogP contribution in [0.3, 0.4) is 0 Å². The van der Waals surface area contributed by atoms with Gasteiger partial charge in [-0.2, -0.15) is 0 Å². The lowest BCUT2D eigenvalue weighted by Crippen LogP contribution is -2.47. The van der Waals surface area contributed by atoms with Crippen LogP contribution >= 0.6 is 0 Å². The average Bonchev–Trinajstić information content (AvgIpc) is 0.797. The number of nitrogens with one attached hydrogen (secondary N) is 2. The van der Waals surface area contributed by atoms with Gasteiger partial charge in [-0.25, -0.2) is 19.2 Å². The van der Waals surface area contributed by atoms with Gasteiger partial charge >= 0.3 is 48.0 Å². The summed E-state index contributed by atoms with van der Waals surface area (Å²) in [5.74, 6) is 6.57. The lowest BCUT2D eigenvalue weighted by molar-refractivity contribution is -0.145. The molecule has 6 aliphatic carbocycles. The summed E-state index contributed by atoms with van der Waals surface area (Å²) in [5.41, 5.74) is 0.869. The fourth-order valence-corrected chi connectivity index (χ4v) is 23.5. The minimum absolute atomic E-state index is 0.0186. The first kappa shape index (κ1) is 111. The van der Waals surface area contributed by atoms with Crippen LogP contribution in [0.4, 0.5) is 9.59 Å². The largest absolute Gasteiger partial charge is 0.494 e. The van der Waals surface area contributed by atoms with E-state index in [4.69, 9.17) is 47.4 Å². The van der Waals surface area contributed by atoms with Crippen LogP contribution in [0.5, 0.6) is 34.5 Å². The molecular formula is C116H178N2O18. The smallest absolute Gasteiger partial charge is 0.407 e. The van der Waals surface area contributed by atoms with Crippen LogP contribution in [0.1, 0.15) is 437 Å². The topological polar surface area (TPSA) is 253 Å². The maximum absolute atomic E-state index is 13.1. The van der Waals surface area contributed by atoms with Gasteiger partial charge < -0.3 is 58.0 Å². The molecule has 0 heterocycles. The number of unbranched alkanes of at least 4 members (excludes halogenated alkanes) is 21. The molecule has 136 heavy (non-hydrogen) atoms. The molecule has 20 nitrogen and oxygen atoms in total. The highest BCUT2D eigenvalue weighted by atomic mass is 16.6. The van der Waals surface area contributed by atoms with Crippen LogP contribution in [-0.2, 0) is 38.1 Å². The molecule has 6 fully saturated rings. The normalized spacial score (nSPS) is 23.5. The maximum Gasteiger partial charge on any atom is 0.407 e. The van der Waals surface area contributed by atoms with Crippen molar-refractivity contribution in [3.05, 3.63) is 108 Å². The molecule has 0 aromatic heterocycles. The van der Waals surface area contributed by atoms with Gasteiger partial charge in [0.15, 0.2) is 0 Å². The van der Waals surface area contributed by atoms with Gasteiger partial charge in [0.1, 0.15) is 34.5 Å². The summed E-state index contributed by atoms with van der Waals surface area (Å²) < 4.78 is 56.4. The lowest BCUT2D eigenvalue weighted by atomic mass is 9.61. The van der Waals surface area contributed by atoms with Gasteiger partial charge in [-0.05, 0) is 322 Å². The van der Waals surface area contributed by atoms with Gasteiger partial charge in [0.05, 0.1) is 62.6 Å². The number of ether oxygens (including phenoxy) is 10. The molecule has 20 heteroatoms. The minimum atomic E-state index is -0.467. The summed E-state index contributed by atoms with van der Waals surface area (Å²) in [6.45, 7) is 24.9. The SMILES string of the molecule is CCCCCC1CCC(C2CCC(C(=O)Oc3ccc(OC(=O)c4ccc(OCCCCCCCCOC(=O)CCC5(C)CC(NC(=O)OCC)CC(C)(C)C5)cc4)cc3)CC2)CC1.CCCCCCCCCCOC(=O)CCC1(C)CC(NC(=O)OCCCCCCCCOc2ccc(C(=O)Oc3ccc(OC(=O)C4CCC(C5CCC(CCCCC)CC5)CC4)cc3)cc2)CC(C)(C)C1. The molecule has 760 valence electrons. The molecule has 4 aromatic carbocycles. The van der Waals surface area contributed by atoms with Gasteiger partial charge in [-0.3, -0.25) is 19.2 Å². The first-order valence-electron chi connectivity index (χ1n) is 54.4. The van der Waals surface area contributed by atoms with Crippen LogP contribution < -0.4 is 39.1 Å². The van der Waals surface area contributed by atoms with Gasteiger partial charge in [-0.15, -0.1) is 0 Å². The number of benzene rings is 4. The molecule has 6 aliphatic rings. The molecule has 2 amide bonds. The minimum Gasteiger partial charge on any atom is -0.494 e. The van der Waals surface area contributed by atoms with Crippen molar-refractivity contribution >= 4 is 48.0 Å². The van der Waals surface area contributed by atoms with E-state index in [1.54, 1.807) is 104 Å². The molecule has 0 bridgehead atoms. The summed E-state index contributed by atoms with van der Waals surface area (Å²) in [6.07, 6.45) is 58.9. The number of esters is 6. The molecule has 6 saturated carbocycles. The average molecular weight is 1890 g/mol. The van der Waals surface area contributed by atoms with Gasteiger partial charge in [0.2, 0.25) is 0 Å². The number of hydrogen-bond acceptors (Lipinski definition) is 18. The molecule has 4 unspecified atom stereocenters. The van der Waals surface area contributed by atoms with Crippen molar-refractivity contribution in [2.45, 2.75) is 428 Å². The lowest BCUT2D eigenvalue weighted by Gasteiger charge is -2.46. The third kappa shape index (κ3) is 42.9. The molecule has 0 spiro atoms. The van der Waals surface area contributed by atoms with E-state index in [-0.39, 0.29) is 81.6 Å². The van der Waals surface area contributed by atoms with Crippen LogP contribution in [0.2, 0.25) is 0 Å². The van der Waals surface area contributed by atoms with E-state index in [1.165, 1.54) is 141 Å².